The van der Waals surface area contributed by atoms with Crippen LogP contribution in [0.1, 0.15) is 16.8 Å². The molecular formula is C18H19N5O4S. The van der Waals surface area contributed by atoms with Crippen LogP contribution in [0.15, 0.2) is 42.6 Å². The van der Waals surface area contributed by atoms with Crippen LogP contribution in [0.25, 0.3) is 16.9 Å². The van der Waals surface area contributed by atoms with Gasteiger partial charge in [0.2, 0.25) is 15.9 Å². The number of amides is 1. The maximum atomic E-state index is 12.7. The van der Waals surface area contributed by atoms with Gasteiger partial charge in [-0.3, -0.25) is 4.79 Å². The van der Waals surface area contributed by atoms with Crippen LogP contribution in [-0.2, 0) is 10.0 Å². The molecule has 1 atom stereocenters. The molecular weight excluding hydrogens is 382 g/mol. The Morgan fingerprint density at radius 2 is 2.04 bits per heavy atom. The summed E-state index contributed by atoms with van der Waals surface area (Å²) in [4.78, 5) is 17.2. The molecule has 146 valence electrons. The minimum atomic E-state index is -3.28. The number of aromatic nitrogens is 3. The van der Waals surface area contributed by atoms with E-state index in [1.54, 1.807) is 0 Å². The zero-order valence-electron chi connectivity index (χ0n) is 15.1. The molecule has 0 spiro atoms. The highest BCUT2D eigenvalue weighted by Crippen LogP contribution is 2.24. The largest absolute Gasteiger partial charge is 0.493 e. The zero-order chi connectivity index (χ0) is 19.9. The number of rotatable bonds is 4. The van der Waals surface area contributed by atoms with Crippen molar-refractivity contribution in [2.75, 3.05) is 19.3 Å². The fraction of sp³-hybridized carbons (Fsp3) is 0.278. The summed E-state index contributed by atoms with van der Waals surface area (Å²) in [6, 6.07) is 10.5. The molecule has 2 N–H and O–H groups in total. The van der Waals surface area contributed by atoms with E-state index in [-0.39, 0.29) is 29.7 Å². The van der Waals surface area contributed by atoms with Crippen molar-refractivity contribution in [3.8, 4) is 17.1 Å². The fourth-order valence-electron chi connectivity index (χ4n) is 3.27. The molecule has 1 aliphatic rings. The van der Waals surface area contributed by atoms with E-state index < -0.39 is 15.9 Å². The summed E-state index contributed by atoms with van der Waals surface area (Å²) in [5, 5.41) is 17.1. The normalized spacial score (nSPS) is 17.8. The molecule has 1 unspecified atom stereocenters. The molecule has 0 aliphatic carbocycles. The topological polar surface area (TPSA) is 117 Å². The lowest BCUT2D eigenvalue weighted by Gasteiger charge is -2.14. The van der Waals surface area contributed by atoms with Gasteiger partial charge in [-0.05, 0) is 6.42 Å². The predicted octanol–water partition coefficient (Wildman–Crippen LogP) is 0.866. The van der Waals surface area contributed by atoms with Gasteiger partial charge in [-0.15, -0.1) is 0 Å². The molecule has 4 rings (SSSR count). The van der Waals surface area contributed by atoms with Gasteiger partial charge in [-0.1, -0.05) is 30.3 Å². The van der Waals surface area contributed by atoms with Crippen LogP contribution < -0.4 is 5.32 Å². The van der Waals surface area contributed by atoms with E-state index in [2.05, 4.69) is 15.4 Å². The SMILES string of the molecule is CS(=O)(=O)N1CCC(NC(=O)c2cnn3c(O)cc(-c4ccccc4)nc23)C1. The summed E-state index contributed by atoms with van der Waals surface area (Å²) in [6.07, 6.45) is 3.03. The standard InChI is InChI=1S/C18H19N5O4S/c1-28(26,27)22-8-7-13(11-22)20-18(25)14-10-19-23-16(24)9-15(21-17(14)23)12-5-3-2-4-6-12/h2-6,9-10,13,24H,7-8,11H2,1H3,(H,20,25). The molecule has 2 aromatic heterocycles. The molecule has 1 saturated heterocycles. The number of nitrogens with one attached hydrogen (secondary N) is 1. The number of hydrogen-bond donors (Lipinski definition) is 2. The van der Waals surface area contributed by atoms with Gasteiger partial charge < -0.3 is 10.4 Å². The van der Waals surface area contributed by atoms with Gasteiger partial charge in [-0.2, -0.15) is 9.61 Å². The first-order valence-electron chi connectivity index (χ1n) is 8.72. The molecule has 1 fully saturated rings. The zero-order valence-corrected chi connectivity index (χ0v) is 15.9. The highest BCUT2D eigenvalue weighted by atomic mass is 32.2. The van der Waals surface area contributed by atoms with E-state index in [1.165, 1.54) is 21.1 Å². The number of carbonyl (C=O) groups excluding carboxylic acids is 1. The Hall–Kier alpha value is -2.98. The summed E-state index contributed by atoms with van der Waals surface area (Å²) in [7, 11) is -3.28. The van der Waals surface area contributed by atoms with Crippen molar-refractivity contribution in [1.82, 2.24) is 24.2 Å². The summed E-state index contributed by atoms with van der Waals surface area (Å²) in [6.45, 7) is 0.605. The number of carbonyl (C=O) groups is 1. The highest BCUT2D eigenvalue weighted by molar-refractivity contribution is 7.88. The maximum Gasteiger partial charge on any atom is 0.257 e. The third kappa shape index (κ3) is 3.43. The lowest BCUT2D eigenvalue weighted by molar-refractivity contribution is 0.0940. The number of sulfonamides is 1. The third-order valence-electron chi connectivity index (χ3n) is 4.72. The molecule has 10 heteroatoms. The van der Waals surface area contributed by atoms with Crippen molar-refractivity contribution in [2.24, 2.45) is 0 Å². The number of nitrogens with zero attached hydrogens (tertiary/aromatic N) is 4. The second-order valence-electron chi connectivity index (χ2n) is 6.74. The van der Waals surface area contributed by atoms with Gasteiger partial charge in [0.15, 0.2) is 5.65 Å². The van der Waals surface area contributed by atoms with E-state index in [4.69, 9.17) is 0 Å². The third-order valence-corrected chi connectivity index (χ3v) is 5.99. The molecule has 0 bridgehead atoms. The monoisotopic (exact) mass is 401 g/mol. The van der Waals surface area contributed by atoms with Gasteiger partial charge in [0.05, 0.1) is 18.1 Å². The van der Waals surface area contributed by atoms with E-state index in [9.17, 15) is 18.3 Å². The smallest absolute Gasteiger partial charge is 0.257 e. The average Bonchev–Trinajstić information content (AvgIpc) is 3.29. The van der Waals surface area contributed by atoms with Crippen LogP contribution in [0.3, 0.4) is 0 Å². The predicted molar refractivity (Wildman–Crippen MR) is 102 cm³/mol. The lowest BCUT2D eigenvalue weighted by atomic mass is 10.1. The summed E-state index contributed by atoms with van der Waals surface area (Å²) >= 11 is 0. The lowest BCUT2D eigenvalue weighted by Crippen LogP contribution is -2.38. The van der Waals surface area contributed by atoms with Crippen molar-refractivity contribution in [1.29, 1.82) is 0 Å². The van der Waals surface area contributed by atoms with Gasteiger partial charge in [-0.25, -0.2) is 17.7 Å². The number of hydrogen-bond acceptors (Lipinski definition) is 6. The molecule has 1 amide bonds. The van der Waals surface area contributed by atoms with Gasteiger partial charge in [0, 0.05) is 30.8 Å². The van der Waals surface area contributed by atoms with Crippen molar-refractivity contribution >= 4 is 21.6 Å². The maximum absolute atomic E-state index is 12.7. The minimum Gasteiger partial charge on any atom is -0.493 e. The first kappa shape index (κ1) is 18.4. The van der Waals surface area contributed by atoms with Crippen LogP contribution in [0.5, 0.6) is 5.88 Å². The Bertz CT molecular complexity index is 1140. The van der Waals surface area contributed by atoms with Gasteiger partial charge in [0.25, 0.3) is 5.91 Å². The highest BCUT2D eigenvalue weighted by Gasteiger charge is 2.30. The second kappa shape index (κ2) is 6.88. The van der Waals surface area contributed by atoms with Crippen molar-refractivity contribution < 1.29 is 18.3 Å². The second-order valence-corrected chi connectivity index (χ2v) is 8.72. The fourth-order valence-corrected chi connectivity index (χ4v) is 4.16. The molecule has 1 aromatic carbocycles. The van der Waals surface area contributed by atoms with E-state index >= 15 is 0 Å². The molecule has 0 radical (unpaired) electrons. The van der Waals surface area contributed by atoms with Crippen LogP contribution in [-0.4, -0.2) is 63.7 Å². The number of benzene rings is 1. The summed E-state index contributed by atoms with van der Waals surface area (Å²) in [5.74, 6) is -0.542. The summed E-state index contributed by atoms with van der Waals surface area (Å²) in [5.41, 5.74) is 1.76. The molecule has 3 heterocycles. The van der Waals surface area contributed by atoms with Crippen molar-refractivity contribution in [2.45, 2.75) is 12.5 Å². The average molecular weight is 401 g/mol. The summed E-state index contributed by atoms with van der Waals surface area (Å²) < 4.78 is 25.8. The Morgan fingerprint density at radius 3 is 2.71 bits per heavy atom. The molecule has 0 saturated carbocycles. The molecule has 3 aromatic rings. The van der Waals surface area contributed by atoms with Crippen molar-refractivity contribution in [3.63, 3.8) is 0 Å². The van der Waals surface area contributed by atoms with Crippen molar-refractivity contribution in [3.05, 3.63) is 48.2 Å². The Kier molecular flexibility index (Phi) is 4.52. The van der Waals surface area contributed by atoms with Gasteiger partial charge >= 0.3 is 0 Å². The first-order chi connectivity index (χ1) is 13.3. The quantitative estimate of drug-likeness (QED) is 0.670. The van der Waals surface area contributed by atoms with E-state index in [0.717, 1.165) is 11.8 Å². The van der Waals surface area contributed by atoms with Crippen LogP contribution in [0, 0.1) is 0 Å². The molecule has 1 aliphatic heterocycles. The minimum absolute atomic E-state index is 0.132. The Morgan fingerprint density at radius 1 is 1.29 bits per heavy atom. The Labute approximate surface area is 161 Å². The van der Waals surface area contributed by atoms with Crippen LogP contribution >= 0.6 is 0 Å². The molecule has 28 heavy (non-hydrogen) atoms. The van der Waals surface area contributed by atoms with Crippen LogP contribution in [0.4, 0.5) is 0 Å². The first-order valence-corrected chi connectivity index (χ1v) is 10.6. The van der Waals surface area contributed by atoms with E-state index in [1.807, 2.05) is 30.3 Å². The van der Waals surface area contributed by atoms with E-state index in [0.29, 0.717) is 18.7 Å². The number of fused-ring (bicyclic) bond motifs is 1. The molecule has 9 nitrogen and oxygen atoms in total. The number of aromatic hydroxyl groups is 1. The Balaban J connectivity index is 1.62. The van der Waals surface area contributed by atoms with Gasteiger partial charge in [0.1, 0.15) is 5.56 Å². The van der Waals surface area contributed by atoms with Crippen LogP contribution in [0.2, 0.25) is 0 Å².